The summed E-state index contributed by atoms with van der Waals surface area (Å²) < 4.78 is 68.0. The zero-order valence-electron chi connectivity index (χ0n) is 17.6. The van der Waals surface area contributed by atoms with Crippen LogP contribution < -0.4 is 10.2 Å². The predicted molar refractivity (Wildman–Crippen MR) is 113 cm³/mol. The summed E-state index contributed by atoms with van der Waals surface area (Å²) in [6.07, 6.45) is -5.20. The monoisotopic (exact) mass is 478 g/mol. The second-order valence-corrected chi connectivity index (χ2v) is 7.60. The van der Waals surface area contributed by atoms with E-state index in [4.69, 9.17) is 5.11 Å². The Bertz CT molecular complexity index is 1220. The highest BCUT2D eigenvalue weighted by Gasteiger charge is 2.33. The van der Waals surface area contributed by atoms with Gasteiger partial charge in [0.05, 0.1) is 17.9 Å². The van der Waals surface area contributed by atoms with Crippen LogP contribution in [-0.2, 0) is 12.6 Å². The topological polar surface area (TPSA) is 78.4 Å². The number of carbonyl (C=O) groups excluding carboxylic acids is 1. The Kier molecular flexibility index (Phi) is 6.47. The van der Waals surface area contributed by atoms with Crippen LogP contribution in [0.3, 0.4) is 0 Å². The van der Waals surface area contributed by atoms with Crippen molar-refractivity contribution in [1.82, 2.24) is 15.3 Å². The standard InChI is InChI=1S/C23H19F5N4O2/c24-15-11-13(10-14(12-15)23(26,27)28)20(25)18-4-6-30-22(31-18)32-8-5-16-17(2-1-3-19(16)32)21(34)29-7-9-33/h1-4,6,10-12,20,33H,5,7-9H2,(H,29,34). The molecule has 11 heteroatoms. The fraction of sp³-hybridized carbons (Fsp3) is 0.261. The molecule has 0 spiro atoms. The van der Waals surface area contributed by atoms with Gasteiger partial charge >= 0.3 is 6.18 Å². The summed E-state index contributed by atoms with van der Waals surface area (Å²) in [5.41, 5.74) is -0.249. The molecule has 1 amide bonds. The highest BCUT2D eigenvalue weighted by Crippen LogP contribution is 2.37. The van der Waals surface area contributed by atoms with Crippen LogP contribution >= 0.6 is 0 Å². The van der Waals surface area contributed by atoms with Gasteiger partial charge < -0.3 is 15.3 Å². The third-order valence-electron chi connectivity index (χ3n) is 5.38. The molecule has 2 aromatic carbocycles. The molecule has 34 heavy (non-hydrogen) atoms. The summed E-state index contributed by atoms with van der Waals surface area (Å²) in [6, 6.07) is 7.82. The number of nitrogens with zero attached hydrogens (tertiary/aromatic N) is 3. The Morgan fingerprint density at radius 1 is 1.21 bits per heavy atom. The normalized spacial score (nSPS) is 14.1. The number of nitrogens with one attached hydrogen (secondary N) is 1. The van der Waals surface area contributed by atoms with E-state index in [0.717, 1.165) is 5.56 Å². The van der Waals surface area contributed by atoms with E-state index in [2.05, 4.69) is 15.3 Å². The zero-order valence-corrected chi connectivity index (χ0v) is 17.6. The molecule has 0 aliphatic carbocycles. The van der Waals surface area contributed by atoms with Crippen LogP contribution in [0.15, 0.2) is 48.7 Å². The van der Waals surface area contributed by atoms with E-state index in [9.17, 15) is 22.4 Å². The molecule has 0 radical (unpaired) electrons. The average molecular weight is 478 g/mol. The minimum absolute atomic E-state index is 0.0965. The molecule has 6 nitrogen and oxygen atoms in total. The van der Waals surface area contributed by atoms with Crippen molar-refractivity contribution in [2.24, 2.45) is 0 Å². The van der Waals surface area contributed by atoms with Gasteiger partial charge in [-0.25, -0.2) is 18.7 Å². The maximum atomic E-state index is 15.2. The van der Waals surface area contributed by atoms with E-state index in [1.165, 1.54) is 12.3 Å². The van der Waals surface area contributed by atoms with E-state index < -0.39 is 29.3 Å². The number of aromatic nitrogens is 2. The first-order valence-corrected chi connectivity index (χ1v) is 10.3. The van der Waals surface area contributed by atoms with Crippen molar-refractivity contribution < 1.29 is 31.9 Å². The summed E-state index contributed by atoms with van der Waals surface area (Å²) in [4.78, 5) is 22.4. The zero-order chi connectivity index (χ0) is 24.5. The van der Waals surface area contributed by atoms with Gasteiger partial charge in [0, 0.05) is 30.5 Å². The number of amides is 1. The van der Waals surface area contributed by atoms with Crippen LogP contribution in [0.1, 0.15) is 38.9 Å². The summed E-state index contributed by atoms with van der Waals surface area (Å²) in [7, 11) is 0. The van der Waals surface area contributed by atoms with Crippen molar-refractivity contribution in [1.29, 1.82) is 0 Å². The van der Waals surface area contributed by atoms with Gasteiger partial charge in [-0.1, -0.05) is 6.07 Å². The van der Waals surface area contributed by atoms with Gasteiger partial charge in [-0.15, -0.1) is 0 Å². The van der Waals surface area contributed by atoms with Gasteiger partial charge in [-0.05, 0) is 53.9 Å². The lowest BCUT2D eigenvalue weighted by atomic mass is 10.0. The number of hydrogen-bond acceptors (Lipinski definition) is 5. The molecule has 0 saturated heterocycles. The Morgan fingerprint density at radius 2 is 2.00 bits per heavy atom. The molecular weight excluding hydrogens is 459 g/mol. The van der Waals surface area contributed by atoms with Crippen LogP contribution in [-0.4, -0.2) is 40.7 Å². The number of carbonyl (C=O) groups is 1. The quantitative estimate of drug-likeness (QED) is 0.522. The summed E-state index contributed by atoms with van der Waals surface area (Å²) in [6.45, 7) is 0.289. The molecule has 1 aliphatic rings. The minimum atomic E-state index is -4.83. The summed E-state index contributed by atoms with van der Waals surface area (Å²) in [5.74, 6) is -1.46. The van der Waals surface area contributed by atoms with Gasteiger partial charge in [-0.3, -0.25) is 4.79 Å². The lowest BCUT2D eigenvalue weighted by Crippen LogP contribution is -2.27. The lowest BCUT2D eigenvalue weighted by molar-refractivity contribution is -0.137. The Morgan fingerprint density at radius 3 is 2.74 bits per heavy atom. The molecule has 1 aliphatic heterocycles. The molecule has 1 atom stereocenters. The third kappa shape index (κ3) is 4.69. The molecule has 1 unspecified atom stereocenters. The van der Waals surface area contributed by atoms with Gasteiger partial charge in [0.2, 0.25) is 5.95 Å². The minimum Gasteiger partial charge on any atom is -0.395 e. The molecule has 0 fully saturated rings. The maximum absolute atomic E-state index is 15.2. The Balaban J connectivity index is 1.64. The predicted octanol–water partition coefficient (Wildman–Crippen LogP) is 4.11. The van der Waals surface area contributed by atoms with Crippen molar-refractivity contribution in [3.05, 3.63) is 82.4 Å². The van der Waals surface area contributed by atoms with Crippen molar-refractivity contribution in [3.8, 4) is 0 Å². The van der Waals surface area contributed by atoms with Gasteiger partial charge in [0.1, 0.15) is 5.82 Å². The van der Waals surface area contributed by atoms with E-state index in [-0.39, 0.29) is 30.7 Å². The van der Waals surface area contributed by atoms with Crippen LogP contribution in [0.5, 0.6) is 0 Å². The number of aliphatic hydroxyl groups excluding tert-OH is 1. The molecule has 2 N–H and O–H groups in total. The molecule has 178 valence electrons. The van der Waals surface area contributed by atoms with Crippen LogP contribution in [0, 0.1) is 5.82 Å². The fourth-order valence-corrected chi connectivity index (χ4v) is 3.85. The molecular formula is C23H19F5N4O2. The Hall–Kier alpha value is -3.60. The fourth-order valence-electron chi connectivity index (χ4n) is 3.85. The lowest BCUT2D eigenvalue weighted by Gasteiger charge is -2.19. The maximum Gasteiger partial charge on any atom is 0.416 e. The Labute approximate surface area is 191 Å². The van der Waals surface area contributed by atoms with Crippen LogP contribution in [0.4, 0.5) is 33.6 Å². The van der Waals surface area contributed by atoms with Gasteiger partial charge in [-0.2, -0.15) is 13.2 Å². The van der Waals surface area contributed by atoms with Gasteiger partial charge in [0.15, 0.2) is 6.17 Å². The van der Waals surface area contributed by atoms with Gasteiger partial charge in [0.25, 0.3) is 5.91 Å². The molecule has 2 heterocycles. The second kappa shape index (κ2) is 9.34. The van der Waals surface area contributed by atoms with E-state index in [1.54, 1.807) is 23.1 Å². The van der Waals surface area contributed by atoms with Crippen LogP contribution in [0.2, 0.25) is 0 Å². The average Bonchev–Trinajstić information content (AvgIpc) is 3.25. The first-order valence-electron chi connectivity index (χ1n) is 10.3. The van der Waals surface area contributed by atoms with E-state index in [1.807, 2.05) is 0 Å². The van der Waals surface area contributed by atoms with Crippen molar-refractivity contribution in [3.63, 3.8) is 0 Å². The van der Waals surface area contributed by atoms with E-state index >= 15 is 4.39 Å². The SMILES string of the molecule is O=C(NCCO)c1cccc2c1CCN2c1nccc(C(F)c2cc(F)cc(C(F)(F)F)c2)n1. The summed E-state index contributed by atoms with van der Waals surface area (Å²) >= 11 is 0. The number of fused-ring (bicyclic) bond motifs is 1. The number of hydrogen-bond donors (Lipinski definition) is 2. The third-order valence-corrected chi connectivity index (χ3v) is 5.38. The molecule has 1 aromatic heterocycles. The van der Waals surface area contributed by atoms with Crippen molar-refractivity contribution in [2.45, 2.75) is 18.8 Å². The molecule has 3 aromatic rings. The van der Waals surface area contributed by atoms with E-state index in [0.29, 0.717) is 42.4 Å². The molecule has 4 rings (SSSR count). The number of halogens is 5. The largest absolute Gasteiger partial charge is 0.416 e. The highest BCUT2D eigenvalue weighted by atomic mass is 19.4. The first-order chi connectivity index (χ1) is 16.2. The smallest absolute Gasteiger partial charge is 0.395 e. The molecule has 0 bridgehead atoms. The highest BCUT2D eigenvalue weighted by molar-refractivity contribution is 5.98. The van der Waals surface area contributed by atoms with Crippen molar-refractivity contribution in [2.75, 3.05) is 24.6 Å². The number of aliphatic hydroxyl groups is 1. The number of benzene rings is 2. The van der Waals surface area contributed by atoms with Crippen LogP contribution in [0.25, 0.3) is 0 Å². The number of alkyl halides is 4. The molecule has 0 saturated carbocycles. The number of anilines is 2. The first kappa shape index (κ1) is 23.6. The number of rotatable bonds is 6. The van der Waals surface area contributed by atoms with Crippen molar-refractivity contribution >= 4 is 17.5 Å². The second-order valence-electron chi connectivity index (χ2n) is 7.60. The summed E-state index contributed by atoms with van der Waals surface area (Å²) in [5, 5.41) is 11.5.